The highest BCUT2D eigenvalue weighted by molar-refractivity contribution is 7.17. The molecule has 2 amide bonds. The lowest BCUT2D eigenvalue weighted by molar-refractivity contribution is -0.129. The van der Waals surface area contributed by atoms with Gasteiger partial charge in [0.25, 0.3) is 5.91 Å². The van der Waals surface area contributed by atoms with Crippen LogP contribution in [0.5, 0.6) is 0 Å². The molecule has 2 heterocycles. The summed E-state index contributed by atoms with van der Waals surface area (Å²) in [6.45, 7) is 6.54. The minimum atomic E-state index is -0.164. The van der Waals surface area contributed by atoms with E-state index < -0.39 is 0 Å². The van der Waals surface area contributed by atoms with E-state index in [2.05, 4.69) is 10.3 Å². The Bertz CT molecular complexity index is 948. The molecule has 0 saturated heterocycles. The molecule has 0 unspecified atom stereocenters. The SMILES string of the molecule is CCN(Cc1cccc(NC(=O)c2sc(-c3ccsc3)nc2C)c1)C(C)=O. The predicted octanol–water partition coefficient (Wildman–Crippen LogP) is 4.80. The molecule has 0 bridgehead atoms. The van der Waals surface area contributed by atoms with Crippen molar-refractivity contribution in [3.05, 3.63) is 57.2 Å². The summed E-state index contributed by atoms with van der Waals surface area (Å²) in [4.78, 5) is 31.2. The molecule has 0 aliphatic carbocycles. The van der Waals surface area contributed by atoms with Gasteiger partial charge < -0.3 is 10.2 Å². The number of thiophene rings is 1. The summed E-state index contributed by atoms with van der Waals surface area (Å²) in [5.41, 5.74) is 3.45. The third kappa shape index (κ3) is 4.61. The molecule has 27 heavy (non-hydrogen) atoms. The first-order valence-corrected chi connectivity index (χ1v) is 10.4. The molecule has 0 radical (unpaired) electrons. The number of thiazole rings is 1. The van der Waals surface area contributed by atoms with Crippen molar-refractivity contribution in [2.75, 3.05) is 11.9 Å². The van der Waals surface area contributed by atoms with Gasteiger partial charge in [-0.3, -0.25) is 9.59 Å². The van der Waals surface area contributed by atoms with E-state index in [0.717, 1.165) is 21.8 Å². The fraction of sp³-hybridized carbons (Fsp3) is 0.250. The molecular weight excluding hydrogens is 378 g/mol. The maximum absolute atomic E-state index is 12.7. The van der Waals surface area contributed by atoms with Gasteiger partial charge in [0, 0.05) is 36.6 Å². The molecule has 0 atom stereocenters. The molecule has 3 aromatic rings. The number of nitrogens with zero attached hydrogens (tertiary/aromatic N) is 2. The number of carbonyl (C=O) groups is 2. The van der Waals surface area contributed by atoms with Crippen LogP contribution in [-0.4, -0.2) is 28.2 Å². The van der Waals surface area contributed by atoms with Gasteiger partial charge >= 0.3 is 0 Å². The fourth-order valence-electron chi connectivity index (χ4n) is 2.72. The fourth-order valence-corrected chi connectivity index (χ4v) is 4.39. The Kier molecular flexibility index (Phi) is 6.03. The second-order valence-electron chi connectivity index (χ2n) is 6.13. The largest absolute Gasteiger partial charge is 0.339 e. The molecule has 0 spiro atoms. The van der Waals surface area contributed by atoms with E-state index in [1.54, 1.807) is 23.2 Å². The van der Waals surface area contributed by atoms with Gasteiger partial charge in [0.2, 0.25) is 5.91 Å². The first-order chi connectivity index (χ1) is 13.0. The topological polar surface area (TPSA) is 62.3 Å². The van der Waals surface area contributed by atoms with Gasteiger partial charge in [0.05, 0.1) is 5.69 Å². The number of carbonyl (C=O) groups excluding carboxylic acids is 2. The molecular formula is C20H21N3O2S2. The van der Waals surface area contributed by atoms with Crippen LogP contribution in [0.4, 0.5) is 5.69 Å². The molecule has 0 aliphatic heterocycles. The van der Waals surface area contributed by atoms with Crippen molar-refractivity contribution in [3.8, 4) is 10.6 Å². The number of anilines is 1. The van der Waals surface area contributed by atoms with Crippen LogP contribution in [0.2, 0.25) is 0 Å². The van der Waals surface area contributed by atoms with Crippen LogP contribution in [0.3, 0.4) is 0 Å². The lowest BCUT2D eigenvalue weighted by atomic mass is 10.2. The lowest BCUT2D eigenvalue weighted by Crippen LogP contribution is -2.27. The monoisotopic (exact) mass is 399 g/mol. The molecule has 1 N–H and O–H groups in total. The molecule has 5 nitrogen and oxygen atoms in total. The minimum Gasteiger partial charge on any atom is -0.339 e. The van der Waals surface area contributed by atoms with Crippen molar-refractivity contribution in [3.63, 3.8) is 0 Å². The molecule has 1 aromatic carbocycles. The lowest BCUT2D eigenvalue weighted by Gasteiger charge is -2.19. The van der Waals surface area contributed by atoms with Crippen molar-refractivity contribution in [1.29, 1.82) is 0 Å². The van der Waals surface area contributed by atoms with Crippen molar-refractivity contribution >= 4 is 40.2 Å². The van der Waals surface area contributed by atoms with Crippen molar-refractivity contribution in [2.45, 2.75) is 27.3 Å². The molecule has 7 heteroatoms. The minimum absolute atomic E-state index is 0.0354. The van der Waals surface area contributed by atoms with Crippen LogP contribution in [0, 0.1) is 6.92 Å². The molecule has 0 saturated carbocycles. The van der Waals surface area contributed by atoms with Gasteiger partial charge in [-0.05, 0) is 43.0 Å². The number of benzene rings is 1. The number of aromatic nitrogens is 1. The van der Waals surface area contributed by atoms with E-state index in [9.17, 15) is 9.59 Å². The molecule has 140 valence electrons. The number of rotatable bonds is 6. The zero-order valence-corrected chi connectivity index (χ0v) is 17.1. The summed E-state index contributed by atoms with van der Waals surface area (Å²) >= 11 is 3.01. The van der Waals surface area contributed by atoms with Crippen molar-refractivity contribution < 1.29 is 9.59 Å². The van der Waals surface area contributed by atoms with Crippen molar-refractivity contribution in [1.82, 2.24) is 9.88 Å². The molecule has 0 aliphatic rings. The van der Waals surface area contributed by atoms with E-state index in [-0.39, 0.29) is 11.8 Å². The number of hydrogen-bond acceptors (Lipinski definition) is 5. The van der Waals surface area contributed by atoms with E-state index in [1.807, 2.05) is 54.9 Å². The van der Waals surface area contributed by atoms with E-state index >= 15 is 0 Å². The molecule has 3 rings (SSSR count). The van der Waals surface area contributed by atoms with Gasteiger partial charge in [0.1, 0.15) is 9.88 Å². The summed E-state index contributed by atoms with van der Waals surface area (Å²) in [5, 5.41) is 7.83. The Hall–Kier alpha value is -2.51. The Labute approximate surface area is 166 Å². The van der Waals surface area contributed by atoms with Gasteiger partial charge in [-0.25, -0.2) is 4.98 Å². The average Bonchev–Trinajstić information content (AvgIpc) is 3.29. The van der Waals surface area contributed by atoms with Crippen LogP contribution in [0.1, 0.15) is 34.8 Å². The first kappa shape index (κ1) is 19.3. The highest BCUT2D eigenvalue weighted by Gasteiger charge is 2.17. The van der Waals surface area contributed by atoms with Crippen molar-refractivity contribution in [2.24, 2.45) is 0 Å². The van der Waals surface area contributed by atoms with Crippen LogP contribution in [0.15, 0.2) is 41.1 Å². The highest BCUT2D eigenvalue weighted by atomic mass is 32.1. The second kappa shape index (κ2) is 8.45. The zero-order valence-electron chi connectivity index (χ0n) is 15.5. The van der Waals surface area contributed by atoms with Crippen LogP contribution in [0.25, 0.3) is 10.6 Å². The third-order valence-corrected chi connectivity index (χ3v) is 6.04. The van der Waals surface area contributed by atoms with Gasteiger partial charge in [-0.1, -0.05) is 12.1 Å². The van der Waals surface area contributed by atoms with Gasteiger partial charge in [0.15, 0.2) is 0 Å². The van der Waals surface area contributed by atoms with Gasteiger partial charge in [-0.2, -0.15) is 11.3 Å². The summed E-state index contributed by atoms with van der Waals surface area (Å²) < 4.78 is 0. The smallest absolute Gasteiger partial charge is 0.267 e. The Morgan fingerprint density at radius 2 is 2.07 bits per heavy atom. The normalized spacial score (nSPS) is 10.6. The summed E-state index contributed by atoms with van der Waals surface area (Å²) in [6, 6.07) is 9.59. The van der Waals surface area contributed by atoms with Gasteiger partial charge in [-0.15, -0.1) is 11.3 Å². The maximum atomic E-state index is 12.7. The summed E-state index contributed by atoms with van der Waals surface area (Å²) in [7, 11) is 0. The standard InChI is InChI=1S/C20H21N3O2S2/c1-4-23(14(3)24)11-15-6-5-7-17(10-15)22-19(25)18-13(2)21-20(27-18)16-8-9-26-12-16/h5-10,12H,4,11H2,1-3H3,(H,22,25). The Morgan fingerprint density at radius 3 is 2.74 bits per heavy atom. The number of hydrogen-bond donors (Lipinski definition) is 1. The first-order valence-electron chi connectivity index (χ1n) is 8.63. The van der Waals surface area contributed by atoms with Crippen LogP contribution >= 0.6 is 22.7 Å². The van der Waals surface area contributed by atoms with E-state index in [0.29, 0.717) is 23.7 Å². The molecule has 2 aromatic heterocycles. The Balaban J connectivity index is 1.75. The van der Waals surface area contributed by atoms with E-state index in [1.165, 1.54) is 11.3 Å². The third-order valence-electron chi connectivity index (χ3n) is 4.16. The Morgan fingerprint density at radius 1 is 1.26 bits per heavy atom. The predicted molar refractivity (Wildman–Crippen MR) is 111 cm³/mol. The van der Waals surface area contributed by atoms with Crippen LogP contribution < -0.4 is 5.32 Å². The number of nitrogens with one attached hydrogen (secondary N) is 1. The summed E-state index contributed by atoms with van der Waals surface area (Å²) in [6.07, 6.45) is 0. The quantitative estimate of drug-likeness (QED) is 0.647. The molecule has 0 fully saturated rings. The number of amides is 2. The number of aryl methyl sites for hydroxylation is 1. The summed E-state index contributed by atoms with van der Waals surface area (Å²) in [5.74, 6) is -0.129. The van der Waals surface area contributed by atoms with Crippen LogP contribution in [-0.2, 0) is 11.3 Å². The maximum Gasteiger partial charge on any atom is 0.267 e. The average molecular weight is 400 g/mol. The second-order valence-corrected chi connectivity index (χ2v) is 7.91. The zero-order chi connectivity index (χ0) is 19.4. The highest BCUT2D eigenvalue weighted by Crippen LogP contribution is 2.30. The van der Waals surface area contributed by atoms with E-state index in [4.69, 9.17) is 0 Å².